The van der Waals surface area contributed by atoms with Gasteiger partial charge >= 0.3 is 5.97 Å². The fraction of sp³-hybridized carbons (Fsp3) is 0.393. The van der Waals surface area contributed by atoms with Crippen molar-refractivity contribution in [1.29, 1.82) is 0 Å². The molecule has 0 unspecified atom stereocenters. The SMILES string of the molecule is O=C(C[C@H]1CC=CCCC(=O)OC[C@@H](Cc2ccccc2)NC1=O)N[C@@H](CO)Cc1ccccc1. The second-order valence-electron chi connectivity index (χ2n) is 8.86. The molecule has 2 aromatic rings. The van der Waals surface area contributed by atoms with Crippen LogP contribution in [-0.4, -0.2) is 48.2 Å². The van der Waals surface area contributed by atoms with Crippen LogP contribution in [0.2, 0.25) is 0 Å². The zero-order chi connectivity index (χ0) is 24.9. The van der Waals surface area contributed by atoms with Gasteiger partial charge in [0.1, 0.15) is 6.61 Å². The Hall–Kier alpha value is -3.45. The first-order chi connectivity index (χ1) is 17.0. The van der Waals surface area contributed by atoms with E-state index in [-0.39, 0.29) is 43.8 Å². The number of carbonyl (C=O) groups is 3. The number of aliphatic hydroxyl groups excluding tert-OH is 1. The Bertz CT molecular complexity index is 977. The fourth-order valence-corrected chi connectivity index (χ4v) is 4.07. The number of aliphatic hydroxyl groups is 1. The monoisotopic (exact) mass is 478 g/mol. The third kappa shape index (κ3) is 9.37. The molecule has 7 nitrogen and oxygen atoms in total. The van der Waals surface area contributed by atoms with E-state index in [1.807, 2.05) is 72.8 Å². The van der Waals surface area contributed by atoms with E-state index in [9.17, 15) is 19.5 Å². The molecule has 186 valence electrons. The molecule has 2 aromatic carbocycles. The summed E-state index contributed by atoms with van der Waals surface area (Å²) < 4.78 is 5.39. The van der Waals surface area contributed by atoms with E-state index in [1.165, 1.54) is 0 Å². The lowest BCUT2D eigenvalue weighted by Gasteiger charge is -2.23. The van der Waals surface area contributed by atoms with E-state index >= 15 is 0 Å². The van der Waals surface area contributed by atoms with Gasteiger partial charge in [-0.15, -0.1) is 0 Å². The lowest BCUT2D eigenvalue weighted by molar-refractivity contribution is -0.145. The van der Waals surface area contributed by atoms with Crippen molar-refractivity contribution >= 4 is 17.8 Å². The lowest BCUT2D eigenvalue weighted by atomic mass is 9.97. The van der Waals surface area contributed by atoms with Crippen molar-refractivity contribution in [3.8, 4) is 0 Å². The molecular formula is C28H34N2O5. The smallest absolute Gasteiger partial charge is 0.306 e. The first-order valence-corrected chi connectivity index (χ1v) is 12.1. The molecule has 0 saturated heterocycles. The van der Waals surface area contributed by atoms with Crippen molar-refractivity contribution in [3.05, 3.63) is 83.9 Å². The summed E-state index contributed by atoms with van der Waals surface area (Å²) in [7, 11) is 0. The summed E-state index contributed by atoms with van der Waals surface area (Å²) in [6.07, 6.45) is 5.87. The van der Waals surface area contributed by atoms with Gasteiger partial charge in [-0.2, -0.15) is 0 Å². The lowest BCUT2D eigenvalue weighted by Crippen LogP contribution is -2.45. The highest BCUT2D eigenvalue weighted by atomic mass is 16.5. The van der Waals surface area contributed by atoms with Crippen LogP contribution >= 0.6 is 0 Å². The van der Waals surface area contributed by atoms with Crippen molar-refractivity contribution in [1.82, 2.24) is 10.6 Å². The minimum Gasteiger partial charge on any atom is -0.463 e. The summed E-state index contributed by atoms with van der Waals surface area (Å²) >= 11 is 0. The number of amides is 2. The molecule has 0 radical (unpaired) electrons. The average Bonchev–Trinajstić information content (AvgIpc) is 2.86. The Balaban J connectivity index is 1.65. The van der Waals surface area contributed by atoms with Crippen LogP contribution in [-0.2, 0) is 32.0 Å². The summed E-state index contributed by atoms with van der Waals surface area (Å²) in [6.45, 7) is -0.117. The van der Waals surface area contributed by atoms with Crippen molar-refractivity contribution in [3.63, 3.8) is 0 Å². The maximum absolute atomic E-state index is 13.2. The third-order valence-corrected chi connectivity index (χ3v) is 5.93. The predicted octanol–water partition coefficient (Wildman–Crippen LogP) is 2.72. The summed E-state index contributed by atoms with van der Waals surface area (Å²) in [6, 6.07) is 18.5. The van der Waals surface area contributed by atoms with E-state index in [0.717, 1.165) is 11.1 Å². The van der Waals surface area contributed by atoms with Gasteiger partial charge in [0.25, 0.3) is 0 Å². The number of benzene rings is 2. The van der Waals surface area contributed by atoms with Crippen molar-refractivity contribution in [2.24, 2.45) is 5.92 Å². The number of nitrogens with one attached hydrogen (secondary N) is 2. The van der Waals surface area contributed by atoms with Gasteiger partial charge in [-0.05, 0) is 36.8 Å². The molecule has 1 heterocycles. The normalized spacial score (nSPS) is 20.0. The molecule has 0 aromatic heterocycles. The van der Waals surface area contributed by atoms with Crippen LogP contribution in [0.3, 0.4) is 0 Å². The molecule has 3 N–H and O–H groups in total. The Kier molecular flexibility index (Phi) is 10.5. The van der Waals surface area contributed by atoms with Crippen LogP contribution in [0.4, 0.5) is 0 Å². The van der Waals surface area contributed by atoms with Gasteiger partial charge in [0.15, 0.2) is 0 Å². The van der Waals surface area contributed by atoms with Gasteiger partial charge < -0.3 is 20.5 Å². The van der Waals surface area contributed by atoms with Crippen molar-refractivity contribution < 1.29 is 24.2 Å². The number of carbonyl (C=O) groups excluding carboxylic acids is 3. The van der Waals surface area contributed by atoms with Gasteiger partial charge in [0, 0.05) is 12.8 Å². The molecule has 7 heteroatoms. The van der Waals surface area contributed by atoms with E-state index in [4.69, 9.17) is 4.74 Å². The number of hydrogen-bond acceptors (Lipinski definition) is 5. The Morgan fingerprint density at radius 3 is 2.40 bits per heavy atom. The van der Waals surface area contributed by atoms with Gasteiger partial charge in [-0.25, -0.2) is 0 Å². The molecule has 3 rings (SSSR count). The highest BCUT2D eigenvalue weighted by Gasteiger charge is 2.25. The van der Waals surface area contributed by atoms with Crippen LogP contribution in [0.1, 0.15) is 36.8 Å². The second-order valence-corrected chi connectivity index (χ2v) is 8.86. The van der Waals surface area contributed by atoms with Crippen molar-refractivity contribution in [2.45, 2.75) is 50.6 Å². The molecule has 35 heavy (non-hydrogen) atoms. The maximum Gasteiger partial charge on any atom is 0.306 e. The molecule has 1 aliphatic rings. The Morgan fingerprint density at radius 2 is 1.71 bits per heavy atom. The van der Waals surface area contributed by atoms with E-state index < -0.39 is 18.0 Å². The molecule has 1 aliphatic heterocycles. The standard InChI is InChI=1S/C28H34N2O5/c31-19-24(16-21-10-4-1-5-11-21)29-26(32)18-23-14-8-3-9-15-27(33)35-20-25(30-28(23)34)17-22-12-6-2-7-13-22/h1-8,10-13,23-25,31H,9,14-20H2,(H,29,32)(H,30,34)/t23-,24-,25-/m1/s1. The number of rotatable bonds is 8. The molecule has 3 atom stereocenters. The second kappa shape index (κ2) is 14.1. The first kappa shape index (κ1) is 26.2. The summed E-state index contributed by atoms with van der Waals surface area (Å²) in [5.41, 5.74) is 2.03. The van der Waals surface area contributed by atoms with E-state index in [0.29, 0.717) is 25.7 Å². The Labute approximate surface area is 206 Å². The molecule has 2 amide bonds. The summed E-state index contributed by atoms with van der Waals surface area (Å²) in [5, 5.41) is 15.6. The van der Waals surface area contributed by atoms with Gasteiger partial charge in [0.05, 0.1) is 24.6 Å². The van der Waals surface area contributed by atoms with E-state index in [2.05, 4.69) is 10.6 Å². The zero-order valence-corrected chi connectivity index (χ0v) is 19.9. The van der Waals surface area contributed by atoms with Gasteiger partial charge in [-0.3, -0.25) is 14.4 Å². The minimum absolute atomic E-state index is 0.000687. The summed E-state index contributed by atoms with van der Waals surface area (Å²) in [5.74, 6) is -1.42. The topological polar surface area (TPSA) is 105 Å². The molecule has 0 saturated carbocycles. The first-order valence-electron chi connectivity index (χ1n) is 12.1. The number of esters is 1. The summed E-state index contributed by atoms with van der Waals surface area (Å²) in [4.78, 5) is 38.0. The van der Waals surface area contributed by atoms with Gasteiger partial charge in [-0.1, -0.05) is 72.8 Å². The van der Waals surface area contributed by atoms with Crippen LogP contribution in [0.15, 0.2) is 72.8 Å². The van der Waals surface area contributed by atoms with Gasteiger partial charge in [0.2, 0.25) is 11.8 Å². The van der Waals surface area contributed by atoms with Crippen LogP contribution in [0.5, 0.6) is 0 Å². The Morgan fingerprint density at radius 1 is 1.03 bits per heavy atom. The van der Waals surface area contributed by atoms with Crippen LogP contribution in [0, 0.1) is 5.92 Å². The number of cyclic esters (lactones) is 1. The highest BCUT2D eigenvalue weighted by Crippen LogP contribution is 2.14. The average molecular weight is 479 g/mol. The van der Waals surface area contributed by atoms with Crippen LogP contribution in [0.25, 0.3) is 0 Å². The molecule has 0 spiro atoms. The van der Waals surface area contributed by atoms with E-state index in [1.54, 1.807) is 0 Å². The largest absolute Gasteiger partial charge is 0.463 e. The molecule has 0 fully saturated rings. The third-order valence-electron chi connectivity index (χ3n) is 5.93. The number of allylic oxidation sites excluding steroid dienone is 2. The molecule has 0 aliphatic carbocycles. The molecular weight excluding hydrogens is 444 g/mol. The zero-order valence-electron chi connectivity index (χ0n) is 19.9. The van der Waals surface area contributed by atoms with Crippen LogP contribution < -0.4 is 10.6 Å². The minimum atomic E-state index is -0.573. The fourth-order valence-electron chi connectivity index (χ4n) is 4.07. The van der Waals surface area contributed by atoms with Crippen molar-refractivity contribution in [2.75, 3.05) is 13.2 Å². The quantitative estimate of drug-likeness (QED) is 0.400. The highest BCUT2D eigenvalue weighted by molar-refractivity contribution is 5.86. The maximum atomic E-state index is 13.2. The predicted molar refractivity (Wildman–Crippen MR) is 133 cm³/mol. The number of ether oxygens (including phenoxy) is 1. The number of hydrogen-bond donors (Lipinski definition) is 3. The molecule has 0 bridgehead atoms.